The van der Waals surface area contributed by atoms with Crippen LogP contribution in [0.1, 0.15) is 63.3 Å². The first kappa shape index (κ1) is 20.2. The van der Waals surface area contributed by atoms with Crippen LogP contribution in [0.3, 0.4) is 0 Å². The smallest absolute Gasteiger partial charge is 0.405 e. The summed E-state index contributed by atoms with van der Waals surface area (Å²) in [4.78, 5) is 11.4. The van der Waals surface area contributed by atoms with E-state index in [1.54, 1.807) is 0 Å². The summed E-state index contributed by atoms with van der Waals surface area (Å²) in [6, 6.07) is 13.0. The zero-order chi connectivity index (χ0) is 20.3. The molecule has 0 fully saturated rings. The molecule has 2 aromatic rings. The van der Waals surface area contributed by atoms with E-state index < -0.39 is 6.09 Å². The number of hydrogen-bond acceptors (Lipinski definition) is 3. The van der Waals surface area contributed by atoms with E-state index in [9.17, 15) is 4.79 Å². The predicted octanol–water partition coefficient (Wildman–Crippen LogP) is 5.81. The average molecular weight is 382 g/mol. The first-order chi connectivity index (χ1) is 13.4. The number of nitrogens with two attached hydrogens (primary N) is 1. The molecule has 0 saturated heterocycles. The number of benzene rings is 2. The zero-order valence-corrected chi connectivity index (χ0v) is 17.4. The van der Waals surface area contributed by atoms with Crippen molar-refractivity contribution in [3.05, 3.63) is 53.1 Å². The highest BCUT2D eigenvalue weighted by atomic mass is 16.6. The molecule has 0 unspecified atom stereocenters. The van der Waals surface area contributed by atoms with Gasteiger partial charge in [0.2, 0.25) is 0 Å². The molecule has 0 bridgehead atoms. The van der Waals surface area contributed by atoms with E-state index in [4.69, 9.17) is 15.2 Å². The van der Waals surface area contributed by atoms with Gasteiger partial charge in [-0.3, -0.25) is 0 Å². The normalized spacial score (nSPS) is 17.2. The maximum atomic E-state index is 11.4. The summed E-state index contributed by atoms with van der Waals surface area (Å²) in [5.41, 5.74) is 10.9. The fourth-order valence-corrected chi connectivity index (χ4v) is 4.11. The lowest BCUT2D eigenvalue weighted by atomic mass is 9.87. The third-order valence-corrected chi connectivity index (χ3v) is 5.50. The van der Waals surface area contributed by atoms with Crippen LogP contribution < -0.4 is 10.5 Å². The van der Waals surface area contributed by atoms with Crippen molar-refractivity contribution in [1.29, 1.82) is 0 Å². The summed E-state index contributed by atoms with van der Waals surface area (Å²) in [6.45, 7) is 8.97. The van der Waals surface area contributed by atoms with Gasteiger partial charge in [-0.2, -0.15) is 0 Å². The van der Waals surface area contributed by atoms with Gasteiger partial charge in [-0.05, 0) is 60.6 Å². The molecule has 1 amide bonds. The molecule has 0 heterocycles. The van der Waals surface area contributed by atoms with Gasteiger partial charge in [0, 0.05) is 11.0 Å². The van der Waals surface area contributed by atoms with Crippen LogP contribution in [0.5, 0.6) is 5.75 Å². The monoisotopic (exact) mass is 381 g/mol. The highest BCUT2D eigenvalue weighted by Gasteiger charge is 2.42. The van der Waals surface area contributed by atoms with Gasteiger partial charge in [0.25, 0.3) is 0 Å². The van der Waals surface area contributed by atoms with Gasteiger partial charge >= 0.3 is 6.09 Å². The van der Waals surface area contributed by atoms with Crippen molar-refractivity contribution in [2.45, 2.75) is 59.5 Å². The third kappa shape index (κ3) is 4.16. The Kier molecular flexibility index (Phi) is 5.97. The summed E-state index contributed by atoms with van der Waals surface area (Å²) < 4.78 is 11.4. The Labute approximate surface area is 168 Å². The number of carbonyl (C=O) groups is 1. The van der Waals surface area contributed by atoms with Crippen molar-refractivity contribution in [2.24, 2.45) is 11.1 Å². The molecular weight excluding hydrogens is 350 g/mol. The standard InChI is InChI=1S/C24H31NO3/c1-5-7-8-16-9-11-17(12-10-16)19-13-18-15-24(3,4)22(28-23(25)26)20(18)14-21(19)27-6-2/h9-14,22H,5-8,15H2,1-4H3,(H2,25,26)/t22-/m0/s1. The van der Waals surface area contributed by atoms with E-state index in [1.165, 1.54) is 24.0 Å². The summed E-state index contributed by atoms with van der Waals surface area (Å²) in [5, 5.41) is 0. The second-order valence-electron chi connectivity index (χ2n) is 8.26. The molecule has 4 heteroatoms. The van der Waals surface area contributed by atoms with Crippen molar-refractivity contribution in [2.75, 3.05) is 6.61 Å². The van der Waals surface area contributed by atoms with E-state index in [1.807, 2.05) is 13.0 Å². The highest BCUT2D eigenvalue weighted by molar-refractivity contribution is 5.73. The molecule has 0 spiro atoms. The van der Waals surface area contributed by atoms with Crippen LogP contribution in [-0.2, 0) is 17.6 Å². The molecule has 4 nitrogen and oxygen atoms in total. The molecule has 1 atom stereocenters. The Morgan fingerprint density at radius 1 is 1.18 bits per heavy atom. The van der Waals surface area contributed by atoms with Gasteiger partial charge in [0.1, 0.15) is 11.9 Å². The van der Waals surface area contributed by atoms with E-state index in [0.29, 0.717) is 6.61 Å². The van der Waals surface area contributed by atoms with Crippen LogP contribution in [0, 0.1) is 5.41 Å². The fourth-order valence-electron chi connectivity index (χ4n) is 4.11. The van der Waals surface area contributed by atoms with Crippen molar-refractivity contribution in [3.63, 3.8) is 0 Å². The number of aryl methyl sites for hydroxylation is 1. The van der Waals surface area contributed by atoms with Gasteiger partial charge in [-0.15, -0.1) is 0 Å². The number of unbranched alkanes of at least 4 members (excludes halogenated alkanes) is 1. The molecular formula is C24H31NO3. The van der Waals surface area contributed by atoms with Crippen LogP contribution in [0.25, 0.3) is 11.1 Å². The Morgan fingerprint density at radius 3 is 2.50 bits per heavy atom. The Morgan fingerprint density at radius 2 is 1.89 bits per heavy atom. The maximum Gasteiger partial charge on any atom is 0.405 e. The largest absolute Gasteiger partial charge is 0.493 e. The van der Waals surface area contributed by atoms with Crippen LogP contribution >= 0.6 is 0 Å². The maximum absolute atomic E-state index is 11.4. The number of hydrogen-bond donors (Lipinski definition) is 1. The Bertz CT molecular complexity index is 840. The third-order valence-electron chi connectivity index (χ3n) is 5.50. The molecule has 28 heavy (non-hydrogen) atoms. The van der Waals surface area contributed by atoms with Gasteiger partial charge in [0.05, 0.1) is 6.61 Å². The first-order valence-electron chi connectivity index (χ1n) is 10.2. The summed E-state index contributed by atoms with van der Waals surface area (Å²) in [6.07, 6.45) is 3.25. The second kappa shape index (κ2) is 8.26. The van der Waals surface area contributed by atoms with Crippen molar-refractivity contribution < 1.29 is 14.3 Å². The van der Waals surface area contributed by atoms with E-state index in [0.717, 1.165) is 35.3 Å². The van der Waals surface area contributed by atoms with Crippen molar-refractivity contribution in [1.82, 2.24) is 0 Å². The van der Waals surface area contributed by atoms with Gasteiger partial charge in [-0.25, -0.2) is 4.79 Å². The SMILES string of the molecule is CCCCc1ccc(-c2cc3c(cc2OCC)[C@H](OC(N)=O)C(C)(C)C3)cc1. The number of amides is 1. The quantitative estimate of drug-likeness (QED) is 0.658. The lowest BCUT2D eigenvalue weighted by Crippen LogP contribution is -2.25. The minimum Gasteiger partial charge on any atom is -0.493 e. The molecule has 150 valence electrons. The van der Waals surface area contributed by atoms with E-state index in [-0.39, 0.29) is 11.5 Å². The summed E-state index contributed by atoms with van der Waals surface area (Å²) in [5.74, 6) is 0.818. The highest BCUT2D eigenvalue weighted by Crippen LogP contribution is 2.50. The predicted molar refractivity (Wildman–Crippen MR) is 113 cm³/mol. The lowest BCUT2D eigenvalue weighted by molar-refractivity contribution is 0.0391. The van der Waals surface area contributed by atoms with Crippen LogP contribution in [0.15, 0.2) is 36.4 Å². The van der Waals surface area contributed by atoms with Crippen molar-refractivity contribution in [3.8, 4) is 16.9 Å². The number of ether oxygens (including phenoxy) is 2. The Hall–Kier alpha value is -2.49. The van der Waals surface area contributed by atoms with Gasteiger partial charge in [0.15, 0.2) is 0 Å². The number of primary amides is 1. The molecule has 3 rings (SSSR count). The first-order valence-corrected chi connectivity index (χ1v) is 10.2. The number of carbonyl (C=O) groups excluding carboxylic acids is 1. The summed E-state index contributed by atoms with van der Waals surface area (Å²) >= 11 is 0. The second-order valence-corrected chi connectivity index (χ2v) is 8.26. The minimum atomic E-state index is -0.740. The number of fused-ring (bicyclic) bond motifs is 1. The van der Waals surface area contributed by atoms with Crippen molar-refractivity contribution >= 4 is 6.09 Å². The van der Waals surface area contributed by atoms with Crippen LogP contribution in [0.2, 0.25) is 0 Å². The molecule has 0 aliphatic heterocycles. The molecule has 1 aliphatic carbocycles. The lowest BCUT2D eigenvalue weighted by Gasteiger charge is -2.26. The topological polar surface area (TPSA) is 61.6 Å². The molecule has 2 aromatic carbocycles. The Balaban J connectivity index is 2.00. The molecule has 0 radical (unpaired) electrons. The molecule has 0 aromatic heterocycles. The fraction of sp³-hybridized carbons (Fsp3) is 0.458. The van der Waals surface area contributed by atoms with Crippen LogP contribution in [0.4, 0.5) is 4.79 Å². The average Bonchev–Trinajstić information content (AvgIpc) is 2.89. The zero-order valence-electron chi connectivity index (χ0n) is 17.4. The van der Waals surface area contributed by atoms with E-state index >= 15 is 0 Å². The molecule has 0 saturated carbocycles. The summed E-state index contributed by atoms with van der Waals surface area (Å²) in [7, 11) is 0. The molecule has 1 aliphatic rings. The molecule has 2 N–H and O–H groups in total. The van der Waals surface area contributed by atoms with Gasteiger partial charge < -0.3 is 15.2 Å². The number of rotatable bonds is 7. The minimum absolute atomic E-state index is 0.205. The van der Waals surface area contributed by atoms with Gasteiger partial charge in [-0.1, -0.05) is 51.5 Å². The van der Waals surface area contributed by atoms with Crippen LogP contribution in [-0.4, -0.2) is 12.7 Å². The van der Waals surface area contributed by atoms with E-state index in [2.05, 4.69) is 51.1 Å².